The van der Waals surface area contributed by atoms with Crippen LogP contribution in [-0.4, -0.2) is 53.6 Å². The van der Waals surface area contributed by atoms with Crippen LogP contribution in [0.2, 0.25) is 10.0 Å². The predicted molar refractivity (Wildman–Crippen MR) is 123 cm³/mol. The number of halogens is 2. The molecule has 0 fully saturated rings. The van der Waals surface area contributed by atoms with Crippen LogP contribution in [0.25, 0.3) is 0 Å². The lowest BCUT2D eigenvalue weighted by Crippen LogP contribution is -2.44. The third kappa shape index (κ3) is 3.49. The second-order valence-corrected chi connectivity index (χ2v) is 9.28. The number of anilines is 1. The zero-order chi connectivity index (χ0) is 24.3. The Labute approximate surface area is 204 Å². The summed E-state index contributed by atoms with van der Waals surface area (Å²) in [6.45, 7) is 1.47. The number of benzene rings is 2. The van der Waals surface area contributed by atoms with Gasteiger partial charge in [0, 0.05) is 12.1 Å². The maximum absolute atomic E-state index is 12.8. The highest BCUT2D eigenvalue weighted by Crippen LogP contribution is 2.38. The molecule has 1 atom stereocenters. The summed E-state index contributed by atoms with van der Waals surface area (Å²) in [5.74, 6) is -2.70. The average Bonchev–Trinajstić information content (AvgIpc) is 3.26. The van der Waals surface area contributed by atoms with Gasteiger partial charge in [-0.2, -0.15) is 0 Å². The summed E-state index contributed by atoms with van der Waals surface area (Å²) in [6, 6.07) is 4.71. The second-order valence-electron chi connectivity index (χ2n) is 8.47. The summed E-state index contributed by atoms with van der Waals surface area (Å²) in [4.78, 5) is 65.6. The van der Waals surface area contributed by atoms with E-state index in [1.807, 2.05) is 0 Å². The highest BCUT2D eigenvalue weighted by Gasteiger charge is 2.42. The maximum atomic E-state index is 12.8. The normalized spacial score (nSPS) is 17.1. The van der Waals surface area contributed by atoms with Crippen molar-refractivity contribution in [2.45, 2.75) is 32.2 Å². The van der Waals surface area contributed by atoms with E-state index in [1.165, 1.54) is 19.1 Å². The maximum Gasteiger partial charge on any atom is 0.329 e. The molecule has 0 radical (unpaired) electrons. The highest BCUT2D eigenvalue weighted by atomic mass is 35.5. The van der Waals surface area contributed by atoms with E-state index in [0.717, 1.165) is 34.6 Å². The van der Waals surface area contributed by atoms with Crippen molar-refractivity contribution in [3.05, 3.63) is 62.1 Å². The van der Waals surface area contributed by atoms with Crippen LogP contribution in [0.4, 0.5) is 5.69 Å². The summed E-state index contributed by atoms with van der Waals surface area (Å²) in [7, 11) is 0. The first kappa shape index (κ1) is 22.6. The van der Waals surface area contributed by atoms with Gasteiger partial charge in [-0.15, -0.1) is 0 Å². The molecule has 0 N–H and O–H groups in total. The Morgan fingerprint density at radius 1 is 1.00 bits per heavy atom. The summed E-state index contributed by atoms with van der Waals surface area (Å²) in [5.41, 5.74) is 3.08. The predicted octanol–water partition coefficient (Wildman–Crippen LogP) is 3.24. The van der Waals surface area contributed by atoms with Gasteiger partial charge in [-0.25, -0.2) is 4.79 Å². The molecule has 3 aliphatic rings. The van der Waals surface area contributed by atoms with E-state index >= 15 is 0 Å². The van der Waals surface area contributed by atoms with Crippen molar-refractivity contribution in [1.82, 2.24) is 4.90 Å². The first-order valence-electron chi connectivity index (χ1n) is 10.7. The monoisotopic (exact) mass is 500 g/mol. The van der Waals surface area contributed by atoms with Gasteiger partial charge in [0.1, 0.15) is 6.04 Å². The smallest absolute Gasteiger partial charge is 0.329 e. The Morgan fingerprint density at radius 3 is 2.26 bits per heavy atom. The van der Waals surface area contributed by atoms with Crippen LogP contribution < -0.4 is 4.90 Å². The van der Waals surface area contributed by atoms with Gasteiger partial charge in [0.25, 0.3) is 11.8 Å². The fraction of sp³-hybridized carbons (Fsp3) is 0.292. The number of aryl methyl sites for hydroxylation is 1. The molecule has 10 heteroatoms. The van der Waals surface area contributed by atoms with Gasteiger partial charge >= 0.3 is 5.97 Å². The van der Waals surface area contributed by atoms with Crippen molar-refractivity contribution in [2.24, 2.45) is 0 Å². The first-order valence-corrected chi connectivity index (χ1v) is 11.5. The number of hydrogen-bond acceptors (Lipinski definition) is 6. The molecular weight excluding hydrogens is 483 g/mol. The fourth-order valence-corrected chi connectivity index (χ4v) is 5.02. The summed E-state index contributed by atoms with van der Waals surface area (Å²) in [6.07, 6.45) is 1.82. The summed E-state index contributed by atoms with van der Waals surface area (Å²) < 4.78 is 5.16. The number of imide groups is 1. The van der Waals surface area contributed by atoms with Crippen molar-refractivity contribution in [3.63, 3.8) is 0 Å². The number of carbonyl (C=O) groups is 5. The third-order valence-corrected chi connectivity index (χ3v) is 7.09. The minimum atomic E-state index is -1.26. The van der Waals surface area contributed by atoms with E-state index in [9.17, 15) is 24.0 Å². The van der Waals surface area contributed by atoms with Crippen molar-refractivity contribution < 1.29 is 28.7 Å². The van der Waals surface area contributed by atoms with Crippen LogP contribution in [0, 0.1) is 0 Å². The summed E-state index contributed by atoms with van der Waals surface area (Å²) >= 11 is 11.9. The van der Waals surface area contributed by atoms with Crippen molar-refractivity contribution >= 4 is 58.4 Å². The lowest BCUT2D eigenvalue weighted by molar-refractivity contribution is -0.146. The number of hydrogen-bond donors (Lipinski definition) is 0. The Kier molecular flexibility index (Phi) is 5.45. The fourth-order valence-electron chi connectivity index (χ4n) is 4.69. The lowest BCUT2D eigenvalue weighted by atomic mass is 9.95. The Hall–Kier alpha value is -3.23. The van der Waals surface area contributed by atoms with Gasteiger partial charge in [0.05, 0.1) is 33.3 Å². The molecular formula is C24H18Cl2N2O6. The van der Waals surface area contributed by atoms with Crippen molar-refractivity contribution in [3.8, 4) is 0 Å². The van der Waals surface area contributed by atoms with Gasteiger partial charge in [-0.1, -0.05) is 23.2 Å². The quantitative estimate of drug-likeness (QED) is 0.354. The Balaban J connectivity index is 1.28. The number of fused-ring (bicyclic) bond motifs is 1. The molecule has 0 saturated carbocycles. The van der Waals surface area contributed by atoms with Gasteiger partial charge in [-0.05, 0) is 55.2 Å². The molecule has 0 unspecified atom stereocenters. The zero-order valence-corrected chi connectivity index (χ0v) is 19.5. The minimum absolute atomic E-state index is 0.0179. The minimum Gasteiger partial charge on any atom is -0.456 e. The van der Waals surface area contributed by atoms with Gasteiger partial charge in [-0.3, -0.25) is 24.1 Å². The topological polar surface area (TPSA) is 101 Å². The van der Waals surface area contributed by atoms with Crippen LogP contribution in [0.5, 0.6) is 0 Å². The average molecular weight is 501 g/mol. The van der Waals surface area contributed by atoms with Gasteiger partial charge in [0.15, 0.2) is 12.4 Å². The van der Waals surface area contributed by atoms with Gasteiger partial charge < -0.3 is 9.64 Å². The number of rotatable bonds is 5. The molecule has 2 aromatic rings. The van der Waals surface area contributed by atoms with E-state index < -0.39 is 36.2 Å². The molecule has 0 aromatic heterocycles. The van der Waals surface area contributed by atoms with Crippen molar-refractivity contribution in [2.75, 3.05) is 18.1 Å². The van der Waals surface area contributed by atoms with E-state index in [0.29, 0.717) is 12.1 Å². The lowest BCUT2D eigenvalue weighted by Gasteiger charge is -2.26. The number of esters is 1. The molecule has 0 saturated heterocycles. The Morgan fingerprint density at radius 2 is 1.62 bits per heavy atom. The van der Waals surface area contributed by atoms with Crippen LogP contribution in [0.3, 0.4) is 0 Å². The van der Waals surface area contributed by atoms with E-state index in [1.54, 1.807) is 17.0 Å². The van der Waals surface area contributed by atoms with E-state index in [-0.39, 0.29) is 33.5 Å². The van der Waals surface area contributed by atoms with Crippen LogP contribution in [0.1, 0.15) is 55.5 Å². The third-order valence-electron chi connectivity index (χ3n) is 6.36. The van der Waals surface area contributed by atoms with Crippen molar-refractivity contribution in [1.29, 1.82) is 0 Å². The molecule has 0 aliphatic carbocycles. The molecule has 2 aromatic carbocycles. The molecule has 8 nitrogen and oxygen atoms in total. The molecule has 0 spiro atoms. The molecule has 5 rings (SSSR count). The number of amides is 3. The van der Waals surface area contributed by atoms with Crippen LogP contribution >= 0.6 is 23.2 Å². The standard InChI is InChI=1S/C24H18Cl2N2O6/c1-11(28-22(31)15-8-17(25)18(26)9-16(15)23(28)32)24(33)34-10-19(29)13-5-12-3-2-4-27-20(30)7-14(6-13)21(12)27/h5-6,8-9,11H,2-4,7,10H2,1H3/t11-/m1/s1. The Bertz CT molecular complexity index is 1280. The largest absolute Gasteiger partial charge is 0.456 e. The van der Waals surface area contributed by atoms with Crippen LogP contribution in [0.15, 0.2) is 24.3 Å². The number of Topliss-reactive ketones (excluding diaryl/α,β-unsaturated/α-hetero) is 1. The number of carbonyl (C=O) groups excluding carboxylic acids is 5. The molecule has 3 heterocycles. The first-order chi connectivity index (χ1) is 16.2. The molecule has 3 amide bonds. The molecule has 3 aliphatic heterocycles. The number of ketones is 1. The van der Waals surface area contributed by atoms with E-state index in [4.69, 9.17) is 27.9 Å². The molecule has 0 bridgehead atoms. The SMILES string of the molecule is C[C@H](C(=O)OCC(=O)c1cc2c3c(c1)CC(=O)N3CCC2)N1C(=O)c2cc(Cl)c(Cl)cc2C1=O. The molecule has 174 valence electrons. The van der Waals surface area contributed by atoms with Gasteiger partial charge in [0.2, 0.25) is 5.91 Å². The van der Waals surface area contributed by atoms with Crippen LogP contribution in [-0.2, 0) is 27.2 Å². The van der Waals surface area contributed by atoms with E-state index in [2.05, 4.69) is 0 Å². The molecule has 34 heavy (non-hydrogen) atoms. The summed E-state index contributed by atoms with van der Waals surface area (Å²) in [5, 5.41) is 0.227. The number of nitrogens with zero attached hydrogens (tertiary/aromatic N) is 2. The zero-order valence-electron chi connectivity index (χ0n) is 18.0. The highest BCUT2D eigenvalue weighted by molar-refractivity contribution is 6.43. The number of ether oxygens (including phenoxy) is 1. The second kappa shape index (κ2) is 8.21.